The van der Waals surface area contributed by atoms with Gasteiger partial charge in [0.05, 0.1) is 0 Å². The molecule has 1 heterocycles. The number of piperazine rings is 1. The first-order chi connectivity index (χ1) is 8.06. The Balaban J connectivity index is 2.11. The molecule has 1 saturated heterocycles. The molecule has 1 fully saturated rings. The summed E-state index contributed by atoms with van der Waals surface area (Å²) in [5.41, 5.74) is 4.25. The molecule has 2 atom stereocenters. The number of nitrogens with one attached hydrogen (secondary N) is 1. The lowest BCUT2D eigenvalue weighted by Gasteiger charge is -2.37. The normalized spacial score (nSPS) is 26.1. The van der Waals surface area contributed by atoms with Gasteiger partial charge in [0.15, 0.2) is 0 Å². The van der Waals surface area contributed by atoms with Gasteiger partial charge in [0, 0.05) is 31.7 Å². The van der Waals surface area contributed by atoms with E-state index in [-0.39, 0.29) is 0 Å². The van der Waals surface area contributed by atoms with Crippen LogP contribution in [-0.4, -0.2) is 30.1 Å². The average Bonchev–Trinajstić information content (AvgIpc) is 2.28. The van der Waals surface area contributed by atoms with E-state index in [9.17, 15) is 0 Å². The van der Waals surface area contributed by atoms with E-state index in [4.69, 9.17) is 0 Å². The minimum absolute atomic E-state index is 0.608. The van der Waals surface area contributed by atoms with E-state index in [0.717, 1.165) is 19.6 Å². The summed E-state index contributed by atoms with van der Waals surface area (Å²) in [6.07, 6.45) is 0. The van der Waals surface area contributed by atoms with Crippen molar-refractivity contribution in [3.63, 3.8) is 0 Å². The first kappa shape index (κ1) is 12.6. The van der Waals surface area contributed by atoms with Gasteiger partial charge in [-0.3, -0.25) is 4.90 Å². The maximum absolute atomic E-state index is 3.53. The molecule has 1 N–H and O–H groups in total. The highest BCUT2D eigenvalue weighted by molar-refractivity contribution is 5.30. The van der Waals surface area contributed by atoms with E-state index >= 15 is 0 Å². The monoisotopic (exact) mass is 232 g/mol. The van der Waals surface area contributed by atoms with Gasteiger partial charge in [0.2, 0.25) is 0 Å². The van der Waals surface area contributed by atoms with Crippen LogP contribution < -0.4 is 5.32 Å². The fourth-order valence-corrected chi connectivity index (χ4v) is 2.51. The van der Waals surface area contributed by atoms with Crippen LogP contribution in [0.3, 0.4) is 0 Å². The lowest BCUT2D eigenvalue weighted by atomic mass is 10.0. The van der Waals surface area contributed by atoms with Crippen molar-refractivity contribution in [2.24, 2.45) is 0 Å². The molecule has 2 unspecified atom stereocenters. The van der Waals surface area contributed by atoms with Crippen LogP contribution in [0, 0.1) is 13.8 Å². The summed E-state index contributed by atoms with van der Waals surface area (Å²) in [5.74, 6) is 0. The Bertz CT molecular complexity index is 387. The first-order valence-electron chi connectivity index (χ1n) is 6.60. The van der Waals surface area contributed by atoms with Crippen LogP contribution in [0.1, 0.15) is 30.5 Å². The highest BCUT2D eigenvalue weighted by atomic mass is 15.2. The quantitative estimate of drug-likeness (QED) is 0.843. The molecule has 1 aliphatic rings. The summed E-state index contributed by atoms with van der Waals surface area (Å²) in [7, 11) is 0. The van der Waals surface area contributed by atoms with Gasteiger partial charge in [-0.05, 0) is 38.8 Å². The third-order valence-electron chi connectivity index (χ3n) is 3.77. The Morgan fingerprint density at radius 2 is 2.06 bits per heavy atom. The van der Waals surface area contributed by atoms with Crippen molar-refractivity contribution in [1.29, 1.82) is 0 Å². The van der Waals surface area contributed by atoms with Crippen molar-refractivity contribution >= 4 is 0 Å². The van der Waals surface area contributed by atoms with E-state index in [1.54, 1.807) is 0 Å². The summed E-state index contributed by atoms with van der Waals surface area (Å²) in [6, 6.07) is 8.00. The van der Waals surface area contributed by atoms with Gasteiger partial charge in [-0.2, -0.15) is 0 Å². The highest BCUT2D eigenvalue weighted by Crippen LogP contribution is 2.16. The first-order valence-corrected chi connectivity index (χ1v) is 6.60. The van der Waals surface area contributed by atoms with E-state index in [2.05, 4.69) is 56.1 Å². The minimum atomic E-state index is 0.608. The number of hydrogen-bond donors (Lipinski definition) is 1. The summed E-state index contributed by atoms with van der Waals surface area (Å²) < 4.78 is 0. The van der Waals surface area contributed by atoms with Gasteiger partial charge in [-0.15, -0.1) is 0 Å². The zero-order chi connectivity index (χ0) is 12.4. The smallest absolute Gasteiger partial charge is 0.0240 e. The fraction of sp³-hybridized carbons (Fsp3) is 0.600. The van der Waals surface area contributed by atoms with Crippen LogP contribution >= 0.6 is 0 Å². The van der Waals surface area contributed by atoms with Crippen LogP contribution in [0.15, 0.2) is 18.2 Å². The molecule has 0 saturated carbocycles. The van der Waals surface area contributed by atoms with Gasteiger partial charge in [0.1, 0.15) is 0 Å². The lowest BCUT2D eigenvalue weighted by molar-refractivity contribution is 0.138. The van der Waals surface area contributed by atoms with Gasteiger partial charge in [-0.1, -0.05) is 23.8 Å². The third kappa shape index (κ3) is 3.08. The van der Waals surface area contributed by atoms with Crippen molar-refractivity contribution in [2.45, 2.75) is 46.3 Å². The second-order valence-electron chi connectivity index (χ2n) is 5.52. The van der Waals surface area contributed by atoms with E-state index in [1.165, 1.54) is 16.7 Å². The maximum atomic E-state index is 3.53. The molecule has 1 aromatic carbocycles. The van der Waals surface area contributed by atoms with E-state index < -0.39 is 0 Å². The molecular formula is C15H24N2. The van der Waals surface area contributed by atoms with Crippen LogP contribution in [-0.2, 0) is 6.54 Å². The molecule has 17 heavy (non-hydrogen) atoms. The fourth-order valence-electron chi connectivity index (χ4n) is 2.51. The average molecular weight is 232 g/mol. The van der Waals surface area contributed by atoms with Gasteiger partial charge >= 0.3 is 0 Å². The van der Waals surface area contributed by atoms with Crippen molar-refractivity contribution in [3.05, 3.63) is 34.9 Å². The lowest BCUT2D eigenvalue weighted by Crippen LogP contribution is -2.53. The Labute approximate surface area is 105 Å². The maximum Gasteiger partial charge on any atom is 0.0240 e. The Hall–Kier alpha value is -0.860. The zero-order valence-corrected chi connectivity index (χ0v) is 11.5. The Morgan fingerprint density at radius 3 is 2.82 bits per heavy atom. The summed E-state index contributed by atoms with van der Waals surface area (Å²) in [5, 5.41) is 3.53. The molecular weight excluding hydrogens is 208 g/mol. The van der Waals surface area contributed by atoms with Crippen molar-refractivity contribution in [2.75, 3.05) is 13.1 Å². The van der Waals surface area contributed by atoms with Gasteiger partial charge < -0.3 is 5.32 Å². The molecule has 94 valence electrons. The number of rotatable bonds is 2. The molecule has 0 aromatic heterocycles. The second kappa shape index (κ2) is 5.19. The highest BCUT2D eigenvalue weighted by Gasteiger charge is 2.22. The summed E-state index contributed by atoms with van der Waals surface area (Å²) in [6.45, 7) is 12.3. The molecule has 2 rings (SSSR count). The minimum Gasteiger partial charge on any atom is -0.311 e. The van der Waals surface area contributed by atoms with Crippen LogP contribution in [0.4, 0.5) is 0 Å². The second-order valence-corrected chi connectivity index (χ2v) is 5.52. The number of nitrogens with zero attached hydrogens (tertiary/aromatic N) is 1. The van der Waals surface area contributed by atoms with Crippen LogP contribution in [0.2, 0.25) is 0 Å². The third-order valence-corrected chi connectivity index (χ3v) is 3.77. The van der Waals surface area contributed by atoms with Crippen molar-refractivity contribution in [1.82, 2.24) is 10.2 Å². The van der Waals surface area contributed by atoms with Crippen LogP contribution in [0.25, 0.3) is 0 Å². The number of aryl methyl sites for hydroxylation is 2. The Morgan fingerprint density at radius 1 is 1.29 bits per heavy atom. The molecule has 2 nitrogen and oxygen atoms in total. The molecule has 1 aromatic rings. The zero-order valence-electron chi connectivity index (χ0n) is 11.5. The molecule has 0 spiro atoms. The topological polar surface area (TPSA) is 15.3 Å². The van der Waals surface area contributed by atoms with Crippen molar-refractivity contribution in [3.8, 4) is 0 Å². The predicted molar refractivity (Wildman–Crippen MR) is 73.3 cm³/mol. The SMILES string of the molecule is Cc1ccc(C)c(CN2CC(C)NCC2C)c1. The molecule has 0 aliphatic carbocycles. The van der Waals surface area contributed by atoms with Gasteiger partial charge in [-0.25, -0.2) is 0 Å². The molecule has 2 heteroatoms. The van der Waals surface area contributed by atoms with Crippen LogP contribution in [0.5, 0.6) is 0 Å². The van der Waals surface area contributed by atoms with Crippen molar-refractivity contribution < 1.29 is 0 Å². The molecule has 0 amide bonds. The number of benzene rings is 1. The predicted octanol–water partition coefficient (Wildman–Crippen LogP) is 2.49. The van der Waals surface area contributed by atoms with Gasteiger partial charge in [0.25, 0.3) is 0 Å². The molecule has 0 bridgehead atoms. The van der Waals surface area contributed by atoms with E-state index in [0.29, 0.717) is 12.1 Å². The Kier molecular flexibility index (Phi) is 3.85. The molecule has 1 aliphatic heterocycles. The number of hydrogen-bond acceptors (Lipinski definition) is 2. The summed E-state index contributed by atoms with van der Waals surface area (Å²) >= 11 is 0. The standard InChI is InChI=1S/C15H24N2/c1-11-5-6-12(2)15(7-11)10-17-9-13(3)16-8-14(17)4/h5-7,13-14,16H,8-10H2,1-4H3. The largest absolute Gasteiger partial charge is 0.311 e. The summed E-state index contributed by atoms with van der Waals surface area (Å²) in [4.78, 5) is 2.59. The van der Waals surface area contributed by atoms with E-state index in [1.807, 2.05) is 0 Å². The molecule has 0 radical (unpaired) electrons.